The second-order valence-electron chi connectivity index (χ2n) is 4.66. The Bertz CT molecular complexity index is 765. The lowest BCUT2D eigenvalue weighted by molar-refractivity contribution is 0.399. The molecule has 0 unspecified atom stereocenters. The highest BCUT2D eigenvalue weighted by Gasteiger charge is 2.20. The minimum absolute atomic E-state index is 0.535. The van der Waals surface area contributed by atoms with E-state index in [2.05, 4.69) is 10.1 Å². The van der Waals surface area contributed by atoms with Crippen molar-refractivity contribution in [1.29, 1.82) is 0 Å². The molecule has 1 aromatic carbocycles. The number of nitrogens with zero attached hydrogens (tertiary/aromatic N) is 3. The molecule has 0 fully saturated rings. The fraction of sp³-hybridized carbons (Fsp3) is 0.125. The largest absolute Gasteiger partial charge is 0.481 e. The summed E-state index contributed by atoms with van der Waals surface area (Å²) in [5.74, 6) is 1.15. The molecule has 0 aliphatic rings. The van der Waals surface area contributed by atoms with Gasteiger partial charge in [0.2, 0.25) is 5.88 Å². The molecule has 2 N–H and O–H groups in total. The van der Waals surface area contributed by atoms with E-state index in [9.17, 15) is 0 Å². The van der Waals surface area contributed by atoms with Gasteiger partial charge in [0, 0.05) is 13.2 Å². The summed E-state index contributed by atoms with van der Waals surface area (Å²) in [5.41, 5.74) is 9.71. The molecule has 106 valence electrons. The summed E-state index contributed by atoms with van der Waals surface area (Å²) in [4.78, 5) is 4.23. The van der Waals surface area contributed by atoms with Gasteiger partial charge in [-0.25, -0.2) is 4.98 Å². The lowest BCUT2D eigenvalue weighted by atomic mass is 10.0. The van der Waals surface area contributed by atoms with E-state index < -0.39 is 0 Å². The number of aryl methyl sites for hydroxylation is 1. The van der Waals surface area contributed by atoms with Crippen molar-refractivity contribution in [3.8, 4) is 28.3 Å². The highest BCUT2D eigenvalue weighted by atomic mass is 16.5. The molecular formula is C16H16N4O. The van der Waals surface area contributed by atoms with Crippen LogP contribution in [0, 0.1) is 0 Å². The number of ether oxygens (including phenoxy) is 1. The molecule has 21 heavy (non-hydrogen) atoms. The van der Waals surface area contributed by atoms with E-state index in [1.54, 1.807) is 18.0 Å². The molecule has 0 saturated carbocycles. The van der Waals surface area contributed by atoms with Gasteiger partial charge in [0.05, 0.1) is 18.2 Å². The smallest absolute Gasteiger partial charge is 0.222 e. The number of hydrogen-bond acceptors (Lipinski definition) is 4. The van der Waals surface area contributed by atoms with Crippen LogP contribution in [-0.2, 0) is 7.05 Å². The molecule has 0 bridgehead atoms. The molecule has 2 heterocycles. The highest BCUT2D eigenvalue weighted by Crippen LogP contribution is 2.38. The van der Waals surface area contributed by atoms with Crippen LogP contribution in [0.1, 0.15) is 0 Å². The molecule has 2 aromatic heterocycles. The van der Waals surface area contributed by atoms with Crippen molar-refractivity contribution >= 4 is 5.82 Å². The van der Waals surface area contributed by atoms with Crippen LogP contribution in [0.2, 0.25) is 0 Å². The third-order valence-electron chi connectivity index (χ3n) is 3.37. The first kappa shape index (κ1) is 13.2. The number of benzene rings is 1. The number of pyridine rings is 1. The van der Waals surface area contributed by atoms with Crippen molar-refractivity contribution in [2.24, 2.45) is 7.05 Å². The Kier molecular flexibility index (Phi) is 3.31. The van der Waals surface area contributed by atoms with E-state index >= 15 is 0 Å². The predicted molar refractivity (Wildman–Crippen MR) is 82.8 cm³/mol. The Morgan fingerprint density at radius 1 is 1.10 bits per heavy atom. The molecule has 3 aromatic rings. The van der Waals surface area contributed by atoms with E-state index in [0.717, 1.165) is 22.4 Å². The number of anilines is 1. The van der Waals surface area contributed by atoms with Gasteiger partial charge in [-0.15, -0.1) is 0 Å². The summed E-state index contributed by atoms with van der Waals surface area (Å²) >= 11 is 0. The molecule has 5 nitrogen and oxygen atoms in total. The van der Waals surface area contributed by atoms with Gasteiger partial charge in [-0.2, -0.15) is 5.10 Å². The Balaban J connectivity index is 2.27. The second kappa shape index (κ2) is 5.28. The van der Waals surface area contributed by atoms with Crippen molar-refractivity contribution < 1.29 is 4.74 Å². The van der Waals surface area contributed by atoms with Crippen LogP contribution in [0.5, 0.6) is 5.88 Å². The Labute approximate surface area is 123 Å². The van der Waals surface area contributed by atoms with E-state index in [1.165, 1.54) is 0 Å². The number of aromatic nitrogens is 3. The van der Waals surface area contributed by atoms with Gasteiger partial charge in [-0.05, 0) is 17.7 Å². The van der Waals surface area contributed by atoms with Gasteiger partial charge in [-0.1, -0.05) is 30.3 Å². The molecule has 3 rings (SSSR count). The van der Waals surface area contributed by atoms with Crippen molar-refractivity contribution in [3.63, 3.8) is 0 Å². The number of hydrogen-bond donors (Lipinski definition) is 1. The second-order valence-corrected chi connectivity index (χ2v) is 4.66. The van der Waals surface area contributed by atoms with Crippen LogP contribution in [-0.4, -0.2) is 21.9 Å². The average Bonchev–Trinajstić information content (AvgIpc) is 2.83. The fourth-order valence-electron chi connectivity index (χ4n) is 2.35. The third-order valence-corrected chi connectivity index (χ3v) is 3.37. The Morgan fingerprint density at radius 3 is 2.57 bits per heavy atom. The normalized spacial score (nSPS) is 10.6. The maximum Gasteiger partial charge on any atom is 0.222 e. The summed E-state index contributed by atoms with van der Waals surface area (Å²) in [6, 6.07) is 13.7. The Morgan fingerprint density at radius 2 is 1.86 bits per heavy atom. The number of rotatable bonds is 3. The minimum atomic E-state index is 0.535. The van der Waals surface area contributed by atoms with Gasteiger partial charge in [0.25, 0.3) is 0 Å². The van der Waals surface area contributed by atoms with Gasteiger partial charge in [0.15, 0.2) is 0 Å². The maximum absolute atomic E-state index is 6.20. The van der Waals surface area contributed by atoms with Crippen molar-refractivity contribution in [2.45, 2.75) is 0 Å². The SMILES string of the molecule is COc1ncccc1-c1nn(C)c(N)c1-c1ccccc1. The van der Waals surface area contributed by atoms with Crippen LogP contribution in [0.3, 0.4) is 0 Å². The molecule has 0 aliphatic heterocycles. The summed E-state index contributed by atoms with van der Waals surface area (Å²) in [6.45, 7) is 0. The molecule has 0 atom stereocenters. The predicted octanol–water partition coefficient (Wildman–Crippen LogP) is 2.74. The monoisotopic (exact) mass is 280 g/mol. The van der Waals surface area contributed by atoms with Crippen LogP contribution in [0.4, 0.5) is 5.82 Å². The molecule has 0 spiro atoms. The summed E-state index contributed by atoms with van der Waals surface area (Å²) < 4.78 is 7.01. The topological polar surface area (TPSA) is 66.0 Å². The first-order chi connectivity index (χ1) is 10.2. The van der Waals surface area contributed by atoms with Crippen LogP contribution >= 0.6 is 0 Å². The average molecular weight is 280 g/mol. The summed E-state index contributed by atoms with van der Waals surface area (Å²) in [7, 11) is 3.43. The van der Waals surface area contributed by atoms with Gasteiger partial charge in [-0.3, -0.25) is 4.68 Å². The van der Waals surface area contributed by atoms with E-state index in [4.69, 9.17) is 10.5 Å². The van der Waals surface area contributed by atoms with Gasteiger partial charge >= 0.3 is 0 Å². The number of nitrogens with two attached hydrogens (primary N) is 1. The third kappa shape index (κ3) is 2.23. The first-order valence-electron chi connectivity index (χ1n) is 6.59. The maximum atomic E-state index is 6.20. The number of methoxy groups -OCH3 is 1. The molecule has 0 amide bonds. The van der Waals surface area contributed by atoms with E-state index in [-0.39, 0.29) is 0 Å². The zero-order valence-electron chi connectivity index (χ0n) is 11.9. The quantitative estimate of drug-likeness (QED) is 0.801. The van der Waals surface area contributed by atoms with E-state index in [0.29, 0.717) is 11.7 Å². The van der Waals surface area contributed by atoms with Gasteiger partial charge < -0.3 is 10.5 Å². The lowest BCUT2D eigenvalue weighted by Gasteiger charge is -2.07. The van der Waals surface area contributed by atoms with E-state index in [1.807, 2.05) is 49.5 Å². The highest BCUT2D eigenvalue weighted by molar-refractivity contribution is 5.89. The standard InChI is InChI=1S/C16H16N4O/c1-20-15(17)13(11-7-4-3-5-8-11)14(19-20)12-9-6-10-18-16(12)21-2/h3-10H,17H2,1-2H3. The van der Waals surface area contributed by atoms with Crippen molar-refractivity contribution in [3.05, 3.63) is 48.7 Å². The molecule has 5 heteroatoms. The zero-order chi connectivity index (χ0) is 14.8. The molecule has 0 aliphatic carbocycles. The van der Waals surface area contributed by atoms with Crippen LogP contribution in [0.15, 0.2) is 48.7 Å². The minimum Gasteiger partial charge on any atom is -0.481 e. The summed E-state index contributed by atoms with van der Waals surface area (Å²) in [6.07, 6.45) is 1.69. The summed E-state index contributed by atoms with van der Waals surface area (Å²) in [5, 5.41) is 4.54. The lowest BCUT2D eigenvalue weighted by Crippen LogP contribution is -1.97. The zero-order valence-corrected chi connectivity index (χ0v) is 11.9. The first-order valence-corrected chi connectivity index (χ1v) is 6.59. The van der Waals surface area contributed by atoms with Crippen molar-refractivity contribution in [1.82, 2.24) is 14.8 Å². The Hall–Kier alpha value is -2.82. The number of nitrogen functional groups attached to an aromatic ring is 1. The fourth-order valence-corrected chi connectivity index (χ4v) is 2.35. The van der Waals surface area contributed by atoms with Gasteiger partial charge in [0.1, 0.15) is 11.5 Å². The molecule has 0 radical (unpaired) electrons. The van der Waals surface area contributed by atoms with Crippen LogP contribution in [0.25, 0.3) is 22.4 Å². The molecular weight excluding hydrogens is 264 g/mol. The van der Waals surface area contributed by atoms with Crippen molar-refractivity contribution in [2.75, 3.05) is 12.8 Å². The van der Waals surface area contributed by atoms with Crippen LogP contribution < -0.4 is 10.5 Å². The molecule has 0 saturated heterocycles.